The summed E-state index contributed by atoms with van der Waals surface area (Å²) in [5, 5.41) is 20.5. The van der Waals surface area contributed by atoms with Gasteiger partial charge in [-0.3, -0.25) is 0 Å². The van der Waals surface area contributed by atoms with Crippen molar-refractivity contribution in [1.29, 1.82) is 0 Å². The molecule has 29 heavy (non-hydrogen) atoms. The van der Waals surface area contributed by atoms with E-state index in [0.717, 1.165) is 16.7 Å². The number of rotatable bonds is 6. The average molecular weight is 498 g/mol. The van der Waals surface area contributed by atoms with Gasteiger partial charge in [-0.15, -0.1) is 0 Å². The van der Waals surface area contributed by atoms with Crippen molar-refractivity contribution in [2.45, 2.75) is 16.8 Å². The van der Waals surface area contributed by atoms with Crippen molar-refractivity contribution < 1.29 is 15.0 Å². The number of carboxylic acid groups (broad SMARTS) is 1. The third kappa shape index (κ3) is 4.44. The largest absolute Gasteiger partial charge is 0.507 e. The van der Waals surface area contributed by atoms with Crippen LogP contribution < -0.4 is 0 Å². The number of benzene rings is 3. The lowest BCUT2D eigenvalue weighted by Gasteiger charge is -2.21. The van der Waals surface area contributed by atoms with E-state index in [1.54, 1.807) is 6.07 Å². The Balaban J connectivity index is 2.26. The highest BCUT2D eigenvalue weighted by Crippen LogP contribution is 2.43. The van der Waals surface area contributed by atoms with Crippen LogP contribution in [0.15, 0.2) is 79.4 Å². The fourth-order valence-electron chi connectivity index (χ4n) is 3.44. The number of phenols is 1. The maximum absolute atomic E-state index is 11.9. The second kappa shape index (κ2) is 9.12. The van der Waals surface area contributed by atoms with E-state index in [1.165, 1.54) is 0 Å². The molecule has 2 atom stereocenters. The molecule has 0 amide bonds. The minimum Gasteiger partial charge on any atom is -0.507 e. The third-order valence-electron chi connectivity index (χ3n) is 4.98. The summed E-state index contributed by atoms with van der Waals surface area (Å²) in [6.07, 6.45) is 0. The Labute approximate surface area is 177 Å². The summed E-state index contributed by atoms with van der Waals surface area (Å²) in [5.74, 6) is -1.49. The number of hydrogen-bond acceptors (Lipinski definition) is 2. The quantitative estimate of drug-likeness (QED) is 0.331. The van der Waals surface area contributed by atoms with E-state index in [0.29, 0.717) is 5.56 Å². The van der Waals surface area contributed by atoms with E-state index in [4.69, 9.17) is 0 Å². The first-order valence-electron chi connectivity index (χ1n) is 9.14. The van der Waals surface area contributed by atoms with Gasteiger partial charge in [0.2, 0.25) is 0 Å². The summed E-state index contributed by atoms with van der Waals surface area (Å²) < 4.78 is 7.33. The highest BCUT2D eigenvalue weighted by atomic mass is 127. The molecule has 0 heterocycles. The van der Waals surface area contributed by atoms with Crippen LogP contribution >= 0.6 is 18.9 Å². The Hall–Kier alpha value is -2.82. The second-order valence-corrected chi connectivity index (χ2v) is 11.0. The Morgan fingerprint density at radius 2 is 1.52 bits per heavy atom. The standard InChI is InChI=1S/C25H23IO3/c1-4-26(3)23(19-13-9-6-10-14-19)20-15-21(24(27)22(16-20)25(28)29)17(2)18-11-7-5-8-12-18/h5-17,23,27H,1,3H2,2H3,(H,28,29). The van der Waals surface area contributed by atoms with E-state index in [2.05, 4.69) is 14.8 Å². The fourth-order valence-corrected chi connectivity index (χ4v) is 6.39. The number of carboxylic acids is 1. The summed E-state index contributed by atoms with van der Waals surface area (Å²) in [4.78, 5) is 11.9. The number of alkyl halides is 1. The van der Waals surface area contributed by atoms with Crippen LogP contribution in [-0.2, 0) is 0 Å². The molecule has 0 spiro atoms. The van der Waals surface area contributed by atoms with Gasteiger partial charge in [0.1, 0.15) is 11.3 Å². The van der Waals surface area contributed by atoms with Gasteiger partial charge in [-0.1, -0.05) is 107 Å². The maximum atomic E-state index is 11.9. The predicted octanol–water partition coefficient (Wildman–Crippen LogP) is 5.86. The first-order chi connectivity index (χ1) is 13.9. The van der Waals surface area contributed by atoms with Crippen molar-refractivity contribution in [1.82, 2.24) is 0 Å². The minimum atomic E-state index is -2.03. The molecule has 4 heteroatoms. The molecule has 3 aromatic carbocycles. The van der Waals surface area contributed by atoms with Gasteiger partial charge in [0.25, 0.3) is 0 Å². The highest BCUT2D eigenvalue weighted by molar-refractivity contribution is 14.2. The average Bonchev–Trinajstić information content (AvgIpc) is 2.75. The minimum absolute atomic E-state index is 0.0710. The van der Waals surface area contributed by atoms with Gasteiger partial charge < -0.3 is 10.2 Å². The number of aromatic hydroxyl groups is 1. The summed E-state index contributed by atoms with van der Waals surface area (Å²) in [6, 6.07) is 23.1. The molecule has 0 aliphatic rings. The maximum Gasteiger partial charge on any atom is 0.339 e. The zero-order chi connectivity index (χ0) is 21.0. The van der Waals surface area contributed by atoms with Gasteiger partial charge in [0.05, 0.1) is 3.92 Å². The van der Waals surface area contributed by atoms with Crippen molar-refractivity contribution >= 4 is 33.0 Å². The van der Waals surface area contributed by atoms with Crippen molar-refractivity contribution in [3.05, 3.63) is 107 Å². The van der Waals surface area contributed by atoms with Crippen LogP contribution in [0.1, 0.15) is 49.4 Å². The summed E-state index contributed by atoms with van der Waals surface area (Å²) >= 11 is -2.03. The number of aromatic carboxylic acids is 1. The fraction of sp³-hybridized carbons (Fsp3) is 0.120. The molecule has 0 saturated heterocycles. The van der Waals surface area contributed by atoms with E-state index < -0.39 is 24.8 Å². The molecule has 0 bridgehead atoms. The van der Waals surface area contributed by atoms with Crippen molar-refractivity contribution in [3.63, 3.8) is 0 Å². The van der Waals surface area contributed by atoms with Gasteiger partial charge in [0.15, 0.2) is 0 Å². The van der Waals surface area contributed by atoms with Gasteiger partial charge in [-0.05, 0) is 22.8 Å². The monoisotopic (exact) mass is 498 g/mol. The van der Waals surface area contributed by atoms with Crippen LogP contribution in [-0.4, -0.2) is 24.4 Å². The number of carbonyl (C=O) groups is 1. The highest BCUT2D eigenvalue weighted by Gasteiger charge is 2.24. The molecule has 0 aliphatic carbocycles. The van der Waals surface area contributed by atoms with Crippen LogP contribution in [0.3, 0.4) is 0 Å². The Kier molecular flexibility index (Phi) is 6.57. The van der Waals surface area contributed by atoms with E-state index in [9.17, 15) is 15.0 Å². The number of hydrogen-bond donors (Lipinski definition) is 2. The van der Waals surface area contributed by atoms with E-state index >= 15 is 0 Å². The summed E-state index contributed by atoms with van der Waals surface area (Å²) in [6.45, 7) is 5.80. The zero-order valence-corrected chi connectivity index (χ0v) is 18.3. The molecular formula is C25H23IO3. The van der Waals surface area contributed by atoms with Crippen LogP contribution in [0.5, 0.6) is 5.75 Å². The van der Waals surface area contributed by atoms with Gasteiger partial charge in [0, 0.05) is 11.5 Å². The molecule has 3 aromatic rings. The Morgan fingerprint density at radius 1 is 0.966 bits per heavy atom. The van der Waals surface area contributed by atoms with Gasteiger partial charge in [-0.25, -0.2) is 4.79 Å². The van der Waals surface area contributed by atoms with Gasteiger partial charge in [-0.2, -0.15) is 0 Å². The molecule has 0 fully saturated rings. The molecule has 3 rings (SSSR count). The SMILES string of the molecule is C=C=I(=C)C(c1ccccc1)c1cc(C(=O)O)c(O)c(C(C)c2ccccc2)c1. The summed E-state index contributed by atoms with van der Waals surface area (Å²) in [5.41, 5.74) is 3.41. The third-order valence-corrected chi connectivity index (χ3v) is 8.90. The Bertz CT molecular complexity index is 1120. The predicted molar refractivity (Wildman–Crippen MR) is 129 cm³/mol. The molecule has 148 valence electrons. The first-order valence-corrected chi connectivity index (χ1v) is 13.0. The van der Waals surface area contributed by atoms with Crippen LogP contribution in [0, 0.1) is 0 Å². The molecule has 0 saturated carbocycles. The van der Waals surface area contributed by atoms with Gasteiger partial charge >= 0.3 is 5.97 Å². The lowest BCUT2D eigenvalue weighted by molar-refractivity contribution is 0.0693. The van der Waals surface area contributed by atoms with E-state index in [1.807, 2.05) is 73.7 Å². The van der Waals surface area contributed by atoms with Crippen molar-refractivity contribution in [2.24, 2.45) is 0 Å². The topological polar surface area (TPSA) is 57.5 Å². The molecule has 0 radical (unpaired) electrons. The number of halogens is 1. The smallest absolute Gasteiger partial charge is 0.339 e. The van der Waals surface area contributed by atoms with E-state index in [-0.39, 0.29) is 21.2 Å². The van der Waals surface area contributed by atoms with Crippen LogP contribution in [0.4, 0.5) is 0 Å². The Morgan fingerprint density at radius 3 is 2.03 bits per heavy atom. The second-order valence-electron chi connectivity index (χ2n) is 6.75. The lowest BCUT2D eigenvalue weighted by atomic mass is 9.88. The van der Waals surface area contributed by atoms with Crippen LogP contribution in [0.2, 0.25) is 0 Å². The molecule has 3 nitrogen and oxygen atoms in total. The molecule has 0 aromatic heterocycles. The molecule has 0 aliphatic heterocycles. The molecular weight excluding hydrogens is 475 g/mol. The summed E-state index contributed by atoms with van der Waals surface area (Å²) in [7, 11) is 0. The molecule has 2 unspecified atom stereocenters. The zero-order valence-electron chi connectivity index (χ0n) is 16.2. The lowest BCUT2D eigenvalue weighted by Crippen LogP contribution is -2.06. The van der Waals surface area contributed by atoms with Crippen molar-refractivity contribution in [3.8, 4) is 5.75 Å². The molecule has 2 N–H and O–H groups in total. The van der Waals surface area contributed by atoms with Crippen molar-refractivity contribution in [2.75, 3.05) is 0 Å². The first kappa shape index (κ1) is 20.9. The van der Waals surface area contributed by atoms with Crippen LogP contribution in [0.25, 0.3) is 0 Å². The normalized spacial score (nSPS) is 12.9.